The number of aryl methyl sites for hydroxylation is 1. The Morgan fingerprint density at radius 1 is 0.921 bits per heavy atom. The van der Waals surface area contributed by atoms with E-state index in [9.17, 15) is 19.7 Å². The van der Waals surface area contributed by atoms with Gasteiger partial charge in [0.25, 0.3) is 17.5 Å². The number of nitrogens with zero attached hydrogens (tertiary/aromatic N) is 3. The van der Waals surface area contributed by atoms with Gasteiger partial charge in [0, 0.05) is 29.2 Å². The molecular formula is C28H24N6O4. The van der Waals surface area contributed by atoms with Crippen LogP contribution in [-0.2, 0) is 4.79 Å². The third-order valence-electron chi connectivity index (χ3n) is 6.25. The van der Waals surface area contributed by atoms with Crippen molar-refractivity contribution >= 4 is 34.7 Å². The molecule has 3 N–H and O–H groups in total. The number of benzene rings is 3. The molecule has 1 atom stereocenters. The van der Waals surface area contributed by atoms with Gasteiger partial charge in [0.15, 0.2) is 0 Å². The lowest BCUT2D eigenvalue weighted by Crippen LogP contribution is -2.32. The van der Waals surface area contributed by atoms with Crippen LogP contribution in [0.5, 0.6) is 0 Å². The summed E-state index contributed by atoms with van der Waals surface area (Å²) >= 11 is 0. The van der Waals surface area contributed by atoms with Gasteiger partial charge in [-0.3, -0.25) is 19.7 Å². The van der Waals surface area contributed by atoms with Crippen LogP contribution in [0.4, 0.5) is 22.9 Å². The first kappa shape index (κ1) is 24.4. The van der Waals surface area contributed by atoms with Gasteiger partial charge >= 0.3 is 0 Å². The number of para-hydroxylation sites is 1. The summed E-state index contributed by atoms with van der Waals surface area (Å²) in [4.78, 5) is 37.8. The molecule has 10 nitrogen and oxygen atoms in total. The molecule has 190 valence electrons. The first-order chi connectivity index (χ1) is 18.3. The predicted octanol–water partition coefficient (Wildman–Crippen LogP) is 5.28. The summed E-state index contributed by atoms with van der Waals surface area (Å²) in [6, 6.07) is 21.6. The third kappa shape index (κ3) is 4.74. The summed E-state index contributed by atoms with van der Waals surface area (Å²) in [6.45, 7) is 3.68. The maximum absolute atomic E-state index is 13.5. The Bertz CT molecular complexity index is 1570. The third-order valence-corrected chi connectivity index (χ3v) is 6.25. The van der Waals surface area contributed by atoms with Crippen molar-refractivity contribution in [2.75, 3.05) is 16.0 Å². The van der Waals surface area contributed by atoms with E-state index >= 15 is 0 Å². The first-order valence-corrected chi connectivity index (χ1v) is 11.9. The fourth-order valence-electron chi connectivity index (χ4n) is 4.39. The normalized spacial score (nSPS) is 14.3. The predicted molar refractivity (Wildman–Crippen MR) is 144 cm³/mol. The molecule has 2 amide bonds. The number of fused-ring (bicyclic) bond motifs is 1. The molecule has 4 aromatic rings. The molecule has 5 rings (SSSR count). The van der Waals surface area contributed by atoms with Crippen LogP contribution in [0, 0.1) is 17.0 Å². The van der Waals surface area contributed by atoms with Gasteiger partial charge in [-0.15, -0.1) is 0 Å². The highest BCUT2D eigenvalue weighted by atomic mass is 16.6. The summed E-state index contributed by atoms with van der Waals surface area (Å²) in [7, 11) is 0. The largest absolute Gasteiger partial charge is 0.343 e. The van der Waals surface area contributed by atoms with Gasteiger partial charge in [0.05, 0.1) is 16.7 Å². The Morgan fingerprint density at radius 3 is 2.32 bits per heavy atom. The minimum atomic E-state index is -0.823. The van der Waals surface area contributed by atoms with Crippen LogP contribution in [-0.4, -0.2) is 26.5 Å². The van der Waals surface area contributed by atoms with Crippen molar-refractivity contribution in [3.63, 3.8) is 0 Å². The maximum Gasteiger partial charge on any atom is 0.269 e. The average Bonchev–Trinajstić information content (AvgIpc) is 3.33. The molecular weight excluding hydrogens is 484 g/mol. The number of carbonyl (C=O) groups excluding carboxylic acids is 2. The van der Waals surface area contributed by atoms with Crippen LogP contribution < -0.4 is 16.0 Å². The zero-order valence-corrected chi connectivity index (χ0v) is 20.6. The molecule has 0 saturated heterocycles. The highest BCUT2D eigenvalue weighted by Gasteiger charge is 2.36. The Kier molecular flexibility index (Phi) is 6.44. The Labute approximate surface area is 218 Å². The van der Waals surface area contributed by atoms with Crippen molar-refractivity contribution in [3.8, 4) is 0 Å². The van der Waals surface area contributed by atoms with Crippen molar-refractivity contribution < 1.29 is 14.5 Å². The van der Waals surface area contributed by atoms with E-state index < -0.39 is 16.9 Å². The van der Waals surface area contributed by atoms with Crippen LogP contribution >= 0.6 is 0 Å². The fourth-order valence-corrected chi connectivity index (χ4v) is 4.39. The molecule has 0 aliphatic carbocycles. The van der Waals surface area contributed by atoms with Gasteiger partial charge in [-0.25, -0.2) is 4.68 Å². The molecule has 1 aromatic heterocycles. The number of non-ortho nitro benzene ring substituents is 1. The summed E-state index contributed by atoms with van der Waals surface area (Å²) < 4.78 is 1.51. The average molecular weight is 509 g/mol. The molecule has 2 heterocycles. The van der Waals surface area contributed by atoms with Crippen molar-refractivity contribution in [2.45, 2.75) is 19.9 Å². The standard InChI is InChI=1S/C28H24N6O4/c1-17-11-13-21(14-12-17)31-27(35)23-16-29-33-25(19-7-6-10-22(15-19)34(37)38)24(18(2)30-26(23)33)28(36)32-20-8-4-3-5-9-20/h3-16,25,30H,1-2H3,(H,31,35)(H,32,36)/t25-/m1/s1. The van der Waals surface area contributed by atoms with Crippen LogP contribution in [0.2, 0.25) is 0 Å². The molecule has 0 radical (unpaired) electrons. The van der Waals surface area contributed by atoms with Crippen molar-refractivity contribution in [1.29, 1.82) is 0 Å². The van der Waals surface area contributed by atoms with Crippen molar-refractivity contribution in [2.24, 2.45) is 0 Å². The van der Waals surface area contributed by atoms with Gasteiger partial charge < -0.3 is 16.0 Å². The van der Waals surface area contributed by atoms with Gasteiger partial charge in [0.1, 0.15) is 17.4 Å². The summed E-state index contributed by atoms with van der Waals surface area (Å²) in [5, 5.41) is 24.9. The zero-order valence-electron chi connectivity index (χ0n) is 20.6. The second-order valence-electron chi connectivity index (χ2n) is 8.91. The number of aromatic nitrogens is 2. The Balaban J connectivity index is 1.57. The number of carbonyl (C=O) groups is 2. The van der Waals surface area contributed by atoms with Crippen LogP contribution in [0.1, 0.15) is 34.5 Å². The molecule has 3 aromatic carbocycles. The number of nitro groups is 1. The number of anilines is 3. The molecule has 10 heteroatoms. The lowest BCUT2D eigenvalue weighted by Gasteiger charge is -2.30. The summed E-state index contributed by atoms with van der Waals surface area (Å²) in [5.74, 6) is -0.408. The van der Waals surface area contributed by atoms with Gasteiger partial charge in [-0.1, -0.05) is 48.0 Å². The van der Waals surface area contributed by atoms with Crippen LogP contribution in [0.15, 0.2) is 96.3 Å². The summed E-state index contributed by atoms with van der Waals surface area (Å²) in [5.41, 5.74) is 3.72. The molecule has 0 bridgehead atoms. The highest BCUT2D eigenvalue weighted by Crippen LogP contribution is 2.38. The number of amides is 2. The highest BCUT2D eigenvalue weighted by molar-refractivity contribution is 6.09. The van der Waals surface area contributed by atoms with E-state index in [2.05, 4.69) is 21.0 Å². The Morgan fingerprint density at radius 2 is 1.61 bits per heavy atom. The second kappa shape index (κ2) is 10.0. The molecule has 0 unspecified atom stereocenters. The smallest absolute Gasteiger partial charge is 0.269 e. The van der Waals surface area contributed by atoms with E-state index in [1.165, 1.54) is 23.0 Å². The number of nitrogens with one attached hydrogen (secondary N) is 3. The van der Waals surface area contributed by atoms with Crippen molar-refractivity contribution in [3.05, 3.63) is 123 Å². The topological polar surface area (TPSA) is 131 Å². The van der Waals surface area contributed by atoms with Gasteiger partial charge in [-0.2, -0.15) is 5.10 Å². The molecule has 1 aliphatic rings. The minimum Gasteiger partial charge on any atom is -0.343 e. The minimum absolute atomic E-state index is 0.118. The van der Waals surface area contributed by atoms with E-state index in [0.717, 1.165) is 5.56 Å². The first-order valence-electron chi connectivity index (χ1n) is 11.9. The van der Waals surface area contributed by atoms with E-state index in [1.54, 1.807) is 55.5 Å². The zero-order chi connectivity index (χ0) is 26.8. The van der Waals surface area contributed by atoms with E-state index in [0.29, 0.717) is 34.0 Å². The number of hydrogen-bond acceptors (Lipinski definition) is 6. The SMILES string of the molecule is CC1=C(C(=O)Nc2ccccc2)[C@@H](c2cccc([N+](=O)[O-])c2)n2ncc(C(=O)Nc3ccc(C)cc3)c2N1. The lowest BCUT2D eigenvalue weighted by atomic mass is 9.94. The Hall–Kier alpha value is -5.25. The summed E-state index contributed by atoms with van der Waals surface area (Å²) in [6.07, 6.45) is 1.42. The fraction of sp³-hybridized carbons (Fsp3) is 0.107. The number of nitro benzene ring substituents is 1. The number of hydrogen-bond donors (Lipinski definition) is 3. The molecule has 0 saturated carbocycles. The molecule has 38 heavy (non-hydrogen) atoms. The quantitative estimate of drug-likeness (QED) is 0.240. The molecule has 0 fully saturated rings. The second-order valence-corrected chi connectivity index (χ2v) is 8.91. The van der Waals surface area contributed by atoms with E-state index in [-0.39, 0.29) is 17.2 Å². The lowest BCUT2D eigenvalue weighted by molar-refractivity contribution is -0.384. The van der Waals surface area contributed by atoms with Crippen molar-refractivity contribution in [1.82, 2.24) is 9.78 Å². The van der Waals surface area contributed by atoms with Gasteiger partial charge in [-0.05, 0) is 43.7 Å². The van der Waals surface area contributed by atoms with Gasteiger partial charge in [0.2, 0.25) is 0 Å². The van der Waals surface area contributed by atoms with Crippen LogP contribution in [0.3, 0.4) is 0 Å². The number of allylic oxidation sites excluding steroid dienone is 1. The molecule has 0 spiro atoms. The molecule has 1 aliphatic heterocycles. The van der Waals surface area contributed by atoms with E-state index in [4.69, 9.17) is 0 Å². The van der Waals surface area contributed by atoms with E-state index in [1.807, 2.05) is 25.1 Å². The number of rotatable bonds is 6. The van der Waals surface area contributed by atoms with Crippen LogP contribution in [0.25, 0.3) is 0 Å². The monoisotopic (exact) mass is 508 g/mol. The maximum atomic E-state index is 13.5.